The lowest BCUT2D eigenvalue weighted by Crippen LogP contribution is -2.32. The molecule has 1 aromatic rings. The summed E-state index contributed by atoms with van der Waals surface area (Å²) in [6, 6.07) is 8.32. The van der Waals surface area contributed by atoms with Crippen molar-refractivity contribution in [3.05, 3.63) is 34.3 Å². The third-order valence-corrected chi connectivity index (χ3v) is 4.51. The molecular formula is C16H24BrNO. The van der Waals surface area contributed by atoms with Crippen LogP contribution in [0, 0.1) is 5.92 Å². The Morgan fingerprint density at radius 1 is 1.16 bits per heavy atom. The average molecular weight is 326 g/mol. The molecule has 2 nitrogen and oxygen atoms in total. The quantitative estimate of drug-likeness (QED) is 0.888. The van der Waals surface area contributed by atoms with E-state index >= 15 is 0 Å². The molecule has 1 aliphatic carbocycles. The normalized spacial score (nSPS) is 26.9. The minimum atomic E-state index is 0.00602. The maximum absolute atomic E-state index is 6.29. The molecule has 0 bridgehead atoms. The van der Waals surface area contributed by atoms with Crippen LogP contribution in [0.2, 0.25) is 0 Å². The van der Waals surface area contributed by atoms with E-state index in [1.54, 1.807) is 0 Å². The van der Waals surface area contributed by atoms with E-state index in [-0.39, 0.29) is 12.1 Å². The van der Waals surface area contributed by atoms with Crippen molar-refractivity contribution in [3.8, 4) is 0 Å². The van der Waals surface area contributed by atoms with Gasteiger partial charge in [0, 0.05) is 10.5 Å². The molecule has 2 atom stereocenters. The van der Waals surface area contributed by atoms with Gasteiger partial charge in [-0.05, 0) is 56.2 Å². The highest BCUT2D eigenvalue weighted by Crippen LogP contribution is 2.31. The maximum Gasteiger partial charge on any atom is 0.0976 e. The van der Waals surface area contributed by atoms with Gasteiger partial charge in [-0.25, -0.2) is 0 Å². The Balaban J connectivity index is 2.02. The summed E-state index contributed by atoms with van der Waals surface area (Å²) in [7, 11) is 0. The fourth-order valence-corrected chi connectivity index (χ4v) is 3.00. The Bertz CT molecular complexity index is 382. The van der Waals surface area contributed by atoms with Crippen molar-refractivity contribution in [1.29, 1.82) is 0 Å². The van der Waals surface area contributed by atoms with E-state index in [0.29, 0.717) is 6.10 Å². The van der Waals surface area contributed by atoms with Gasteiger partial charge in [0.05, 0.1) is 12.2 Å². The number of rotatable bonds is 4. The molecule has 0 heterocycles. The first-order valence-corrected chi connectivity index (χ1v) is 8.02. The maximum atomic E-state index is 6.29. The summed E-state index contributed by atoms with van der Waals surface area (Å²) in [5, 5.41) is 0. The Morgan fingerprint density at radius 2 is 1.74 bits per heavy atom. The largest absolute Gasteiger partial charge is 0.369 e. The third-order valence-electron chi connectivity index (χ3n) is 3.98. The summed E-state index contributed by atoms with van der Waals surface area (Å²) in [4.78, 5) is 0. The highest BCUT2D eigenvalue weighted by molar-refractivity contribution is 9.10. The van der Waals surface area contributed by atoms with Gasteiger partial charge in [-0.2, -0.15) is 0 Å². The van der Waals surface area contributed by atoms with Gasteiger partial charge >= 0.3 is 0 Å². The smallest absolute Gasteiger partial charge is 0.0976 e. The van der Waals surface area contributed by atoms with E-state index in [1.807, 2.05) is 6.92 Å². The summed E-state index contributed by atoms with van der Waals surface area (Å²) >= 11 is 3.46. The zero-order valence-corrected chi connectivity index (χ0v) is 13.4. The lowest BCUT2D eigenvalue weighted by Gasteiger charge is -2.32. The Kier molecular flexibility index (Phi) is 5.43. The van der Waals surface area contributed by atoms with Crippen molar-refractivity contribution in [2.45, 2.75) is 57.8 Å². The molecule has 0 radical (unpaired) electrons. The molecule has 0 amide bonds. The molecule has 2 rings (SSSR count). The van der Waals surface area contributed by atoms with E-state index in [0.717, 1.165) is 10.4 Å². The minimum absolute atomic E-state index is 0.00602. The van der Waals surface area contributed by atoms with E-state index in [4.69, 9.17) is 10.5 Å². The van der Waals surface area contributed by atoms with Gasteiger partial charge in [0.15, 0.2) is 0 Å². The second-order valence-corrected chi connectivity index (χ2v) is 6.76. The first kappa shape index (κ1) is 15.0. The molecule has 1 saturated carbocycles. The average Bonchev–Trinajstić information content (AvgIpc) is 2.39. The Hall–Kier alpha value is -0.380. The molecule has 0 spiro atoms. The number of ether oxygens (including phenoxy) is 1. The fraction of sp³-hybridized carbons (Fsp3) is 0.625. The number of benzene rings is 1. The van der Waals surface area contributed by atoms with Gasteiger partial charge in [0.2, 0.25) is 0 Å². The van der Waals surface area contributed by atoms with Crippen molar-refractivity contribution in [2.75, 3.05) is 0 Å². The van der Waals surface area contributed by atoms with Crippen molar-refractivity contribution in [1.82, 2.24) is 0 Å². The fourth-order valence-electron chi connectivity index (χ4n) is 2.73. The van der Waals surface area contributed by atoms with Gasteiger partial charge in [-0.15, -0.1) is 0 Å². The van der Waals surface area contributed by atoms with E-state index in [9.17, 15) is 0 Å². The Labute approximate surface area is 124 Å². The lowest BCUT2D eigenvalue weighted by atomic mass is 9.88. The molecule has 1 aliphatic rings. The van der Waals surface area contributed by atoms with Crippen LogP contribution in [0.15, 0.2) is 28.7 Å². The first-order valence-electron chi connectivity index (χ1n) is 7.22. The van der Waals surface area contributed by atoms with E-state index in [1.165, 1.54) is 31.2 Å². The summed E-state index contributed by atoms with van der Waals surface area (Å²) < 4.78 is 7.38. The molecule has 19 heavy (non-hydrogen) atoms. The van der Waals surface area contributed by atoms with Crippen LogP contribution < -0.4 is 5.73 Å². The summed E-state index contributed by atoms with van der Waals surface area (Å²) in [6.45, 7) is 4.35. The molecule has 1 aromatic carbocycles. The van der Waals surface area contributed by atoms with Crippen molar-refractivity contribution in [3.63, 3.8) is 0 Å². The second-order valence-electron chi connectivity index (χ2n) is 5.85. The molecule has 106 valence electrons. The summed E-state index contributed by atoms with van der Waals surface area (Å²) in [5.74, 6) is 0.848. The van der Waals surface area contributed by atoms with Gasteiger partial charge in [-0.3, -0.25) is 0 Å². The van der Waals surface area contributed by atoms with Gasteiger partial charge in [0.1, 0.15) is 0 Å². The molecule has 2 N–H and O–H groups in total. The van der Waals surface area contributed by atoms with Gasteiger partial charge in [-0.1, -0.05) is 35.0 Å². The first-order chi connectivity index (χ1) is 9.06. The molecule has 2 unspecified atom stereocenters. The second kappa shape index (κ2) is 6.87. The topological polar surface area (TPSA) is 35.2 Å². The van der Waals surface area contributed by atoms with Gasteiger partial charge in [0.25, 0.3) is 0 Å². The van der Waals surface area contributed by atoms with Gasteiger partial charge < -0.3 is 10.5 Å². The SMILES string of the molecule is CC1CCC(OC(c2ccc(Br)cc2)C(C)N)CC1. The van der Waals surface area contributed by atoms with Crippen LogP contribution >= 0.6 is 15.9 Å². The number of hydrogen-bond donors (Lipinski definition) is 1. The molecule has 3 heteroatoms. The molecule has 1 fully saturated rings. The Morgan fingerprint density at radius 3 is 2.26 bits per heavy atom. The third kappa shape index (κ3) is 4.30. The van der Waals surface area contributed by atoms with Crippen molar-refractivity contribution in [2.24, 2.45) is 11.7 Å². The summed E-state index contributed by atoms with van der Waals surface area (Å²) in [5.41, 5.74) is 7.29. The molecule has 0 aromatic heterocycles. The lowest BCUT2D eigenvalue weighted by molar-refractivity contribution is -0.0459. The van der Waals surface area contributed by atoms with Crippen LogP contribution in [-0.2, 0) is 4.74 Å². The standard InChI is InChI=1S/C16H24BrNO/c1-11-3-9-15(10-4-11)19-16(12(2)18)13-5-7-14(17)8-6-13/h5-8,11-12,15-16H,3-4,9-10,18H2,1-2H3. The number of halogens is 1. The number of nitrogens with two attached hydrogens (primary N) is 1. The number of hydrogen-bond acceptors (Lipinski definition) is 2. The van der Waals surface area contributed by atoms with Crippen LogP contribution in [0.4, 0.5) is 0 Å². The summed E-state index contributed by atoms with van der Waals surface area (Å²) in [6.07, 6.45) is 5.26. The van der Waals surface area contributed by atoms with Crippen LogP contribution in [0.1, 0.15) is 51.2 Å². The predicted molar refractivity (Wildman–Crippen MR) is 83.0 cm³/mol. The van der Waals surface area contributed by atoms with E-state index in [2.05, 4.69) is 47.1 Å². The monoisotopic (exact) mass is 325 g/mol. The predicted octanol–water partition coefficient (Wildman–Crippen LogP) is 4.43. The molecular weight excluding hydrogens is 302 g/mol. The highest BCUT2D eigenvalue weighted by atomic mass is 79.9. The minimum Gasteiger partial charge on any atom is -0.369 e. The van der Waals surface area contributed by atoms with Crippen molar-refractivity contribution < 1.29 is 4.74 Å². The van der Waals surface area contributed by atoms with Crippen LogP contribution in [0.25, 0.3) is 0 Å². The zero-order chi connectivity index (χ0) is 13.8. The highest BCUT2D eigenvalue weighted by Gasteiger charge is 2.25. The van der Waals surface area contributed by atoms with Crippen LogP contribution in [0.5, 0.6) is 0 Å². The van der Waals surface area contributed by atoms with Crippen molar-refractivity contribution >= 4 is 15.9 Å². The molecule has 0 saturated heterocycles. The van der Waals surface area contributed by atoms with E-state index < -0.39 is 0 Å². The van der Waals surface area contributed by atoms with Crippen LogP contribution in [0.3, 0.4) is 0 Å². The molecule has 0 aliphatic heterocycles. The van der Waals surface area contributed by atoms with Crippen LogP contribution in [-0.4, -0.2) is 12.1 Å². The zero-order valence-electron chi connectivity index (χ0n) is 11.8.